The van der Waals surface area contributed by atoms with E-state index in [2.05, 4.69) is 5.32 Å². The number of ether oxygens (including phenoxy) is 1. The maximum atomic E-state index is 12.4. The number of nitrogens with one attached hydrogen (secondary N) is 1. The Kier molecular flexibility index (Phi) is 5.35. The minimum absolute atomic E-state index is 0.154. The lowest BCUT2D eigenvalue weighted by molar-refractivity contribution is -0.385. The number of para-hydroxylation sites is 2. The van der Waals surface area contributed by atoms with Crippen LogP contribution >= 0.6 is 11.6 Å². The minimum Gasteiger partial charge on any atom is -0.496 e. The van der Waals surface area contributed by atoms with Gasteiger partial charge in [0.25, 0.3) is 5.91 Å². The largest absolute Gasteiger partial charge is 0.496 e. The Morgan fingerprint density at radius 2 is 2.04 bits per heavy atom. The van der Waals surface area contributed by atoms with Crippen LogP contribution in [0.4, 0.5) is 5.69 Å². The highest BCUT2D eigenvalue weighted by Gasteiger charge is 2.26. The molecule has 0 heterocycles. The molecule has 8 heteroatoms. The highest BCUT2D eigenvalue weighted by atomic mass is 35.5. The molecule has 0 aliphatic rings. The monoisotopic (exact) mass is 345 g/mol. The molecule has 0 aliphatic heterocycles. The lowest BCUT2D eigenvalue weighted by Gasteiger charge is -2.15. The first-order chi connectivity index (χ1) is 11.5. The number of carbonyl (C=O) groups excluding carboxylic acids is 1. The Labute approximate surface area is 142 Å². The van der Waals surface area contributed by atoms with Crippen LogP contribution < -0.4 is 10.1 Å². The molecule has 0 spiro atoms. The predicted molar refractivity (Wildman–Crippen MR) is 86.9 cm³/mol. The molecule has 0 aliphatic carbocycles. The number of amides is 1. The van der Waals surface area contributed by atoms with Crippen LogP contribution in [0.5, 0.6) is 5.75 Å². The summed E-state index contributed by atoms with van der Waals surface area (Å²) in [7, 11) is 1.44. The van der Waals surface area contributed by atoms with Gasteiger partial charge in [-0.1, -0.05) is 35.9 Å². The third-order valence-electron chi connectivity index (χ3n) is 3.27. The van der Waals surface area contributed by atoms with Crippen LogP contribution in [0.3, 0.4) is 0 Å². The maximum Gasteiger partial charge on any atom is 0.300 e. The average molecular weight is 346 g/mol. The van der Waals surface area contributed by atoms with Crippen LogP contribution in [0.15, 0.2) is 42.5 Å². The number of halogens is 1. The molecule has 7 nitrogen and oxygen atoms in total. The number of nitriles is 1. The Hall–Kier alpha value is -3.11. The highest BCUT2D eigenvalue weighted by Crippen LogP contribution is 2.29. The first kappa shape index (κ1) is 17.2. The van der Waals surface area contributed by atoms with Crippen molar-refractivity contribution in [1.82, 2.24) is 5.32 Å². The molecule has 122 valence electrons. The molecule has 0 saturated heterocycles. The lowest BCUT2D eigenvalue weighted by atomic mass is 10.1. The maximum absolute atomic E-state index is 12.4. The molecule has 0 bridgehead atoms. The Balaban J connectivity index is 2.37. The van der Waals surface area contributed by atoms with Crippen LogP contribution in [0.2, 0.25) is 5.02 Å². The molecule has 2 rings (SSSR count). The molecule has 0 saturated carbocycles. The summed E-state index contributed by atoms with van der Waals surface area (Å²) in [5.74, 6) is -0.355. The van der Waals surface area contributed by atoms with E-state index in [0.717, 1.165) is 0 Å². The molecule has 1 unspecified atom stereocenters. The van der Waals surface area contributed by atoms with Gasteiger partial charge < -0.3 is 10.1 Å². The van der Waals surface area contributed by atoms with Gasteiger partial charge in [0.05, 0.1) is 18.1 Å². The van der Waals surface area contributed by atoms with Gasteiger partial charge in [-0.3, -0.25) is 14.9 Å². The fourth-order valence-electron chi connectivity index (χ4n) is 2.18. The number of nitro benzene ring substituents is 1. The smallest absolute Gasteiger partial charge is 0.300 e. The van der Waals surface area contributed by atoms with E-state index >= 15 is 0 Å². The summed E-state index contributed by atoms with van der Waals surface area (Å²) >= 11 is 5.80. The molecule has 24 heavy (non-hydrogen) atoms. The zero-order valence-electron chi connectivity index (χ0n) is 12.5. The van der Waals surface area contributed by atoms with Gasteiger partial charge in [-0.05, 0) is 18.2 Å². The van der Waals surface area contributed by atoms with Crippen molar-refractivity contribution in [3.8, 4) is 11.8 Å². The molecular weight excluding hydrogens is 334 g/mol. The van der Waals surface area contributed by atoms with E-state index in [1.165, 1.54) is 25.3 Å². The van der Waals surface area contributed by atoms with Crippen molar-refractivity contribution in [2.75, 3.05) is 7.11 Å². The number of nitrogens with zero attached hydrogens (tertiary/aromatic N) is 2. The second kappa shape index (κ2) is 7.44. The lowest BCUT2D eigenvalue weighted by Crippen LogP contribution is -2.28. The minimum atomic E-state index is -1.03. The molecular formula is C16H12ClN3O4. The van der Waals surface area contributed by atoms with Gasteiger partial charge in [0, 0.05) is 5.56 Å². The van der Waals surface area contributed by atoms with Gasteiger partial charge in [0.2, 0.25) is 0 Å². The van der Waals surface area contributed by atoms with Gasteiger partial charge >= 0.3 is 5.69 Å². The first-order valence-electron chi connectivity index (χ1n) is 6.76. The number of methoxy groups -OCH3 is 1. The molecule has 1 atom stereocenters. The van der Waals surface area contributed by atoms with Crippen LogP contribution in [0.1, 0.15) is 22.0 Å². The second-order valence-corrected chi connectivity index (χ2v) is 5.08. The van der Waals surface area contributed by atoms with Crippen LogP contribution in [0.25, 0.3) is 0 Å². The van der Waals surface area contributed by atoms with Crippen LogP contribution in [-0.2, 0) is 0 Å². The molecule has 1 N–H and O–H groups in total. The van der Waals surface area contributed by atoms with Crippen LogP contribution in [-0.4, -0.2) is 17.9 Å². The molecule has 0 fully saturated rings. The predicted octanol–water partition coefficient (Wildman–Crippen LogP) is 3.25. The standard InChI is InChI=1S/C16H12ClN3O4/c1-24-14-8-3-2-5-10(14)13(9-18)19-16(21)11-6-4-7-12(17)15(11)20(22)23/h2-8,13H,1H3,(H,19,21). The summed E-state index contributed by atoms with van der Waals surface area (Å²) in [4.78, 5) is 22.8. The molecule has 2 aromatic rings. The van der Waals surface area contributed by atoms with Crippen LogP contribution in [0, 0.1) is 21.4 Å². The fraction of sp³-hybridized carbons (Fsp3) is 0.125. The van der Waals surface area contributed by atoms with E-state index in [1.54, 1.807) is 24.3 Å². The number of hydrogen-bond acceptors (Lipinski definition) is 5. The number of rotatable bonds is 5. The third-order valence-corrected chi connectivity index (χ3v) is 3.57. The third kappa shape index (κ3) is 3.45. The molecule has 0 radical (unpaired) electrons. The van der Waals surface area contributed by atoms with E-state index in [-0.39, 0.29) is 10.6 Å². The number of hydrogen-bond donors (Lipinski definition) is 1. The summed E-state index contributed by atoms with van der Waals surface area (Å²) in [6, 6.07) is 11.6. The van der Waals surface area contributed by atoms with Crippen molar-refractivity contribution in [1.29, 1.82) is 5.26 Å². The van der Waals surface area contributed by atoms with E-state index < -0.39 is 22.6 Å². The summed E-state index contributed by atoms with van der Waals surface area (Å²) < 4.78 is 5.16. The van der Waals surface area contributed by atoms with Crippen molar-refractivity contribution in [2.24, 2.45) is 0 Å². The Bertz CT molecular complexity index is 832. The number of benzene rings is 2. The van der Waals surface area contributed by atoms with Crippen molar-refractivity contribution in [2.45, 2.75) is 6.04 Å². The van der Waals surface area contributed by atoms with Gasteiger partial charge in [-0.15, -0.1) is 0 Å². The molecule has 1 amide bonds. The topological polar surface area (TPSA) is 105 Å². The normalized spacial score (nSPS) is 11.2. The zero-order valence-corrected chi connectivity index (χ0v) is 13.3. The summed E-state index contributed by atoms with van der Waals surface area (Å²) in [6.07, 6.45) is 0. The SMILES string of the molecule is COc1ccccc1C(C#N)NC(=O)c1cccc(Cl)c1[N+](=O)[O-]. The Morgan fingerprint density at radius 1 is 1.33 bits per heavy atom. The first-order valence-corrected chi connectivity index (χ1v) is 7.13. The fourth-order valence-corrected chi connectivity index (χ4v) is 2.42. The summed E-state index contributed by atoms with van der Waals surface area (Å²) in [6.45, 7) is 0. The number of nitro groups is 1. The van der Waals surface area contributed by atoms with Crippen molar-refractivity contribution in [3.63, 3.8) is 0 Å². The van der Waals surface area contributed by atoms with E-state index in [0.29, 0.717) is 11.3 Å². The van der Waals surface area contributed by atoms with E-state index in [1.807, 2.05) is 6.07 Å². The van der Waals surface area contributed by atoms with Gasteiger partial charge in [-0.25, -0.2) is 0 Å². The van der Waals surface area contributed by atoms with Crippen molar-refractivity contribution < 1.29 is 14.5 Å². The molecule has 0 aromatic heterocycles. The van der Waals surface area contributed by atoms with E-state index in [4.69, 9.17) is 16.3 Å². The zero-order chi connectivity index (χ0) is 17.7. The highest BCUT2D eigenvalue weighted by molar-refractivity contribution is 6.33. The van der Waals surface area contributed by atoms with Gasteiger partial charge in [-0.2, -0.15) is 5.26 Å². The number of carbonyl (C=O) groups is 1. The average Bonchev–Trinajstić information content (AvgIpc) is 2.58. The quantitative estimate of drug-likeness (QED) is 0.661. The Morgan fingerprint density at radius 3 is 2.67 bits per heavy atom. The van der Waals surface area contributed by atoms with Crippen molar-refractivity contribution >= 4 is 23.2 Å². The second-order valence-electron chi connectivity index (χ2n) is 4.67. The molecule has 2 aromatic carbocycles. The van der Waals surface area contributed by atoms with Gasteiger partial charge in [0.15, 0.2) is 0 Å². The summed E-state index contributed by atoms with van der Waals surface area (Å²) in [5.41, 5.74) is -0.281. The van der Waals surface area contributed by atoms with Gasteiger partial charge in [0.1, 0.15) is 22.4 Å². The van der Waals surface area contributed by atoms with Crippen molar-refractivity contribution in [3.05, 3.63) is 68.7 Å². The summed E-state index contributed by atoms with van der Waals surface area (Å²) in [5, 5.41) is 22.8. The van der Waals surface area contributed by atoms with E-state index in [9.17, 15) is 20.2 Å².